The fourth-order valence-corrected chi connectivity index (χ4v) is 7.56. The Labute approximate surface area is 241 Å². The number of hydrogen-bond donors (Lipinski definition) is 2. The van der Waals surface area contributed by atoms with Gasteiger partial charge in [-0.25, -0.2) is 4.79 Å². The van der Waals surface area contributed by atoms with Crippen LogP contribution in [0.1, 0.15) is 66.9 Å². The quantitative estimate of drug-likeness (QED) is 0.456. The minimum Gasteiger partial charge on any atom is -0.490 e. The zero-order valence-corrected chi connectivity index (χ0v) is 23.9. The highest BCUT2D eigenvalue weighted by atomic mass is 35.5. The largest absolute Gasteiger partial charge is 0.490 e. The number of carboxylic acid groups (broad SMARTS) is 1. The molecular weight excluding hydrogens is 530 g/mol. The molecule has 2 fully saturated rings. The highest BCUT2D eigenvalue weighted by Crippen LogP contribution is 2.47. The SMILES string of the molecule is C[C@@H](O)CO[C@H]1CCO[C@H]([C@@H]2CC[C@H]2CN2CC3(CCCc4cc(Cl)ccc43)COc3ccc(C(=O)O)cc32)C1. The van der Waals surface area contributed by atoms with Crippen LogP contribution in [0.3, 0.4) is 0 Å². The van der Waals surface area contributed by atoms with Crippen LogP contribution in [0.15, 0.2) is 36.4 Å². The van der Waals surface area contributed by atoms with E-state index in [2.05, 4.69) is 17.0 Å². The molecule has 0 amide bonds. The first-order valence-corrected chi connectivity index (χ1v) is 15.1. The first kappa shape index (κ1) is 27.8. The number of ether oxygens (including phenoxy) is 3. The number of carboxylic acids is 1. The van der Waals surface area contributed by atoms with Crippen LogP contribution in [0.25, 0.3) is 0 Å². The van der Waals surface area contributed by atoms with Gasteiger partial charge in [-0.05, 0) is 98.7 Å². The molecule has 0 bridgehead atoms. The van der Waals surface area contributed by atoms with E-state index in [9.17, 15) is 15.0 Å². The summed E-state index contributed by atoms with van der Waals surface area (Å²) in [6, 6.07) is 11.5. The van der Waals surface area contributed by atoms with Gasteiger partial charge >= 0.3 is 5.97 Å². The van der Waals surface area contributed by atoms with Crippen molar-refractivity contribution in [1.82, 2.24) is 0 Å². The third kappa shape index (κ3) is 5.58. The van der Waals surface area contributed by atoms with Crippen LogP contribution in [0.4, 0.5) is 5.69 Å². The summed E-state index contributed by atoms with van der Waals surface area (Å²) in [7, 11) is 0. The lowest BCUT2D eigenvalue weighted by atomic mass is 9.67. The van der Waals surface area contributed by atoms with E-state index in [1.165, 1.54) is 11.1 Å². The van der Waals surface area contributed by atoms with Crippen molar-refractivity contribution >= 4 is 23.3 Å². The van der Waals surface area contributed by atoms with Crippen LogP contribution >= 0.6 is 11.6 Å². The lowest BCUT2D eigenvalue weighted by Crippen LogP contribution is -2.51. The molecule has 6 atom stereocenters. The molecule has 2 aromatic rings. The number of nitrogens with zero attached hydrogens (tertiary/aromatic N) is 1. The summed E-state index contributed by atoms with van der Waals surface area (Å²) in [6.45, 7) is 4.95. The molecule has 0 radical (unpaired) electrons. The molecule has 6 rings (SSSR count). The standard InChI is InChI=1S/C32H40ClNO6/c1-20(35)17-39-25-10-12-38-30(15-25)26-7-4-23(26)16-34-18-32(11-2-3-21-13-24(33)6-8-27(21)32)19-40-29-9-5-22(31(36)37)14-28(29)34/h5-6,8-9,13-14,20,23,25-26,30,35H,2-4,7,10-12,15-19H2,1H3,(H,36,37)/t20-,23+,25+,26-,30+,32?/m1/s1. The van der Waals surface area contributed by atoms with Gasteiger partial charge in [0.1, 0.15) is 5.75 Å². The summed E-state index contributed by atoms with van der Waals surface area (Å²) in [6.07, 6.45) is 6.85. The molecular formula is C32H40ClNO6. The first-order valence-electron chi connectivity index (χ1n) is 14.8. The maximum atomic E-state index is 11.9. The third-order valence-electron chi connectivity index (χ3n) is 9.53. The smallest absolute Gasteiger partial charge is 0.335 e. The Hall–Kier alpha value is -2.32. The number of aliphatic hydroxyl groups is 1. The van der Waals surface area contributed by atoms with E-state index < -0.39 is 12.1 Å². The average Bonchev–Trinajstić information content (AvgIpc) is 3.07. The fourth-order valence-electron chi connectivity index (χ4n) is 7.36. The molecule has 2 aliphatic heterocycles. The van der Waals surface area contributed by atoms with Crippen molar-refractivity contribution in [3.63, 3.8) is 0 Å². The van der Waals surface area contributed by atoms with Gasteiger partial charge in [0, 0.05) is 36.6 Å². The minimum absolute atomic E-state index is 0.119. The number of aliphatic hydroxyl groups excluding tert-OH is 1. The second-order valence-corrected chi connectivity index (χ2v) is 12.8. The number of rotatable bonds is 7. The molecule has 1 spiro atoms. The maximum absolute atomic E-state index is 11.9. The van der Waals surface area contributed by atoms with E-state index in [1.807, 2.05) is 12.1 Å². The molecule has 2 aromatic carbocycles. The first-order chi connectivity index (χ1) is 19.3. The van der Waals surface area contributed by atoms with Gasteiger partial charge < -0.3 is 29.3 Å². The van der Waals surface area contributed by atoms with E-state index in [-0.39, 0.29) is 23.2 Å². The van der Waals surface area contributed by atoms with Gasteiger partial charge in [-0.1, -0.05) is 17.7 Å². The van der Waals surface area contributed by atoms with Crippen molar-refractivity contribution in [3.05, 3.63) is 58.1 Å². The molecule has 216 valence electrons. The lowest BCUT2D eigenvalue weighted by molar-refractivity contribution is -0.124. The van der Waals surface area contributed by atoms with Gasteiger partial charge in [0.2, 0.25) is 0 Å². The second kappa shape index (κ2) is 11.5. The maximum Gasteiger partial charge on any atom is 0.335 e. The molecule has 2 aliphatic carbocycles. The van der Waals surface area contributed by atoms with Gasteiger partial charge in [0.05, 0.1) is 42.8 Å². The summed E-state index contributed by atoms with van der Waals surface area (Å²) < 4.78 is 18.7. The number of benzene rings is 2. The molecule has 0 aromatic heterocycles. The van der Waals surface area contributed by atoms with Crippen LogP contribution < -0.4 is 9.64 Å². The van der Waals surface area contributed by atoms with E-state index >= 15 is 0 Å². The zero-order chi connectivity index (χ0) is 27.9. The highest BCUT2D eigenvalue weighted by Gasteiger charge is 2.45. The van der Waals surface area contributed by atoms with Gasteiger partial charge in [-0.2, -0.15) is 0 Å². The molecule has 8 heteroatoms. The van der Waals surface area contributed by atoms with E-state index in [0.717, 1.165) is 74.5 Å². The molecule has 2 heterocycles. The van der Waals surface area contributed by atoms with Crippen molar-refractivity contribution < 1.29 is 29.2 Å². The summed E-state index contributed by atoms with van der Waals surface area (Å²) in [5.41, 5.74) is 3.54. The number of hydrogen-bond acceptors (Lipinski definition) is 6. The summed E-state index contributed by atoms with van der Waals surface area (Å²) in [4.78, 5) is 14.3. The Balaban J connectivity index is 1.27. The van der Waals surface area contributed by atoms with Crippen LogP contribution in [-0.4, -0.2) is 67.4 Å². The average molecular weight is 570 g/mol. The van der Waals surface area contributed by atoms with Gasteiger partial charge in [-0.3, -0.25) is 0 Å². The molecule has 2 N–H and O–H groups in total. The Bertz CT molecular complexity index is 1240. The normalized spacial score (nSPS) is 30.4. The van der Waals surface area contributed by atoms with E-state index in [4.69, 9.17) is 25.8 Å². The van der Waals surface area contributed by atoms with E-state index in [0.29, 0.717) is 31.7 Å². The number of aryl methyl sites for hydroxylation is 1. The number of halogens is 1. The van der Waals surface area contributed by atoms with E-state index in [1.54, 1.807) is 19.1 Å². The van der Waals surface area contributed by atoms with Crippen molar-refractivity contribution in [2.24, 2.45) is 11.8 Å². The summed E-state index contributed by atoms with van der Waals surface area (Å²) in [5.74, 6) is 0.686. The van der Waals surface area contributed by atoms with Crippen LogP contribution in [0.2, 0.25) is 5.02 Å². The molecule has 40 heavy (non-hydrogen) atoms. The number of aromatic carboxylic acids is 1. The monoisotopic (exact) mass is 569 g/mol. The predicted octanol–water partition coefficient (Wildman–Crippen LogP) is 5.48. The lowest BCUT2D eigenvalue weighted by Gasteiger charge is -2.47. The number of anilines is 1. The van der Waals surface area contributed by atoms with Crippen molar-refractivity contribution in [2.75, 3.05) is 37.8 Å². The second-order valence-electron chi connectivity index (χ2n) is 12.3. The van der Waals surface area contributed by atoms with Gasteiger partial charge in [-0.15, -0.1) is 0 Å². The fraction of sp³-hybridized carbons (Fsp3) is 0.594. The zero-order valence-electron chi connectivity index (χ0n) is 23.2. The van der Waals surface area contributed by atoms with Crippen molar-refractivity contribution in [1.29, 1.82) is 0 Å². The van der Waals surface area contributed by atoms with Crippen molar-refractivity contribution in [3.8, 4) is 5.75 Å². The molecule has 1 saturated carbocycles. The molecule has 7 nitrogen and oxygen atoms in total. The Morgan fingerprint density at radius 2 is 2.10 bits per heavy atom. The highest BCUT2D eigenvalue weighted by molar-refractivity contribution is 6.30. The topological polar surface area (TPSA) is 88.5 Å². The van der Waals surface area contributed by atoms with Crippen LogP contribution in [0.5, 0.6) is 5.75 Å². The minimum atomic E-state index is -0.931. The van der Waals surface area contributed by atoms with Crippen LogP contribution in [-0.2, 0) is 21.3 Å². The Kier molecular flexibility index (Phi) is 8.01. The summed E-state index contributed by atoms with van der Waals surface area (Å²) >= 11 is 6.38. The Morgan fingerprint density at radius 3 is 2.88 bits per heavy atom. The number of carbonyl (C=O) groups is 1. The Morgan fingerprint density at radius 1 is 1.23 bits per heavy atom. The van der Waals surface area contributed by atoms with Gasteiger partial charge in [0.15, 0.2) is 0 Å². The molecule has 1 unspecified atom stereocenters. The molecule has 4 aliphatic rings. The molecule has 1 saturated heterocycles. The van der Waals surface area contributed by atoms with Crippen molar-refractivity contribution in [2.45, 2.75) is 75.6 Å². The predicted molar refractivity (Wildman–Crippen MR) is 154 cm³/mol. The summed E-state index contributed by atoms with van der Waals surface area (Å²) in [5, 5.41) is 20.2. The number of fused-ring (bicyclic) bond motifs is 3. The third-order valence-corrected chi connectivity index (χ3v) is 9.77. The van der Waals surface area contributed by atoms with Gasteiger partial charge in [0.25, 0.3) is 0 Å². The van der Waals surface area contributed by atoms with Crippen LogP contribution in [0, 0.1) is 11.8 Å².